The Bertz CT molecular complexity index is 1020. The molecule has 0 unspecified atom stereocenters. The number of carbonyl (C=O) groups is 1. The van der Waals surface area contributed by atoms with Crippen LogP contribution in [-0.4, -0.2) is 31.8 Å². The van der Waals surface area contributed by atoms with E-state index in [1.807, 2.05) is 47.9 Å². The third-order valence-electron chi connectivity index (χ3n) is 4.24. The quantitative estimate of drug-likeness (QED) is 0.651. The fourth-order valence-electron chi connectivity index (χ4n) is 2.85. The average Bonchev–Trinajstić information content (AvgIpc) is 3.02. The SMILES string of the molecule is CCn1c(=NC(=O)Cc2ccc(OC)cc2)sc2cc(OC)c(OC)cc21. The fraction of sp³-hybridized carbons (Fsp3) is 0.300. The van der Waals surface area contributed by atoms with Crippen LogP contribution in [0.25, 0.3) is 10.2 Å². The highest BCUT2D eigenvalue weighted by Gasteiger charge is 2.12. The monoisotopic (exact) mass is 386 g/mol. The summed E-state index contributed by atoms with van der Waals surface area (Å²) < 4.78 is 18.9. The Morgan fingerprint density at radius 2 is 1.70 bits per heavy atom. The molecule has 6 nitrogen and oxygen atoms in total. The topological polar surface area (TPSA) is 62.1 Å². The van der Waals surface area contributed by atoms with Crippen LogP contribution in [0.4, 0.5) is 0 Å². The van der Waals surface area contributed by atoms with Crippen LogP contribution in [0, 0.1) is 0 Å². The number of amides is 1. The summed E-state index contributed by atoms with van der Waals surface area (Å²) in [6.07, 6.45) is 0.245. The van der Waals surface area contributed by atoms with Gasteiger partial charge in [-0.3, -0.25) is 4.79 Å². The lowest BCUT2D eigenvalue weighted by atomic mass is 10.1. The predicted molar refractivity (Wildman–Crippen MR) is 106 cm³/mol. The van der Waals surface area contributed by atoms with Crippen molar-refractivity contribution >= 4 is 27.5 Å². The summed E-state index contributed by atoms with van der Waals surface area (Å²) >= 11 is 1.46. The van der Waals surface area contributed by atoms with Gasteiger partial charge in [0.1, 0.15) is 5.75 Å². The number of carbonyl (C=O) groups excluding carboxylic acids is 1. The van der Waals surface area contributed by atoms with Crippen molar-refractivity contribution in [2.24, 2.45) is 4.99 Å². The number of nitrogens with zero attached hydrogens (tertiary/aromatic N) is 2. The molecule has 2 aromatic carbocycles. The lowest BCUT2D eigenvalue weighted by Crippen LogP contribution is -2.16. The second-order valence-corrected chi connectivity index (χ2v) is 6.84. The number of hydrogen-bond acceptors (Lipinski definition) is 5. The molecule has 0 spiro atoms. The van der Waals surface area contributed by atoms with E-state index in [9.17, 15) is 4.79 Å². The fourth-order valence-corrected chi connectivity index (χ4v) is 3.97. The van der Waals surface area contributed by atoms with E-state index in [-0.39, 0.29) is 12.3 Å². The van der Waals surface area contributed by atoms with Crippen molar-refractivity contribution < 1.29 is 19.0 Å². The average molecular weight is 386 g/mol. The lowest BCUT2D eigenvalue weighted by Gasteiger charge is -2.08. The van der Waals surface area contributed by atoms with Crippen LogP contribution in [0.3, 0.4) is 0 Å². The van der Waals surface area contributed by atoms with E-state index < -0.39 is 0 Å². The van der Waals surface area contributed by atoms with Crippen molar-refractivity contribution in [1.29, 1.82) is 0 Å². The van der Waals surface area contributed by atoms with Gasteiger partial charge in [0.25, 0.3) is 5.91 Å². The van der Waals surface area contributed by atoms with Crippen molar-refractivity contribution in [3.63, 3.8) is 0 Å². The number of ether oxygens (including phenoxy) is 3. The van der Waals surface area contributed by atoms with Crippen molar-refractivity contribution in [3.8, 4) is 17.2 Å². The van der Waals surface area contributed by atoms with E-state index in [1.54, 1.807) is 21.3 Å². The summed E-state index contributed by atoms with van der Waals surface area (Å²) in [6, 6.07) is 11.3. The zero-order valence-corrected chi connectivity index (χ0v) is 16.6. The highest BCUT2D eigenvalue weighted by Crippen LogP contribution is 2.33. The third kappa shape index (κ3) is 3.98. The van der Waals surface area contributed by atoms with Gasteiger partial charge in [-0.2, -0.15) is 4.99 Å². The van der Waals surface area contributed by atoms with Gasteiger partial charge >= 0.3 is 0 Å². The van der Waals surface area contributed by atoms with Crippen molar-refractivity contribution in [2.45, 2.75) is 19.9 Å². The Kier molecular flexibility index (Phi) is 5.81. The van der Waals surface area contributed by atoms with Crippen LogP contribution in [0.5, 0.6) is 17.2 Å². The molecule has 0 bridgehead atoms. The molecule has 1 heterocycles. The first-order valence-corrected chi connectivity index (χ1v) is 9.37. The Hall–Kier alpha value is -2.80. The highest BCUT2D eigenvalue weighted by molar-refractivity contribution is 7.16. The Morgan fingerprint density at radius 3 is 2.30 bits per heavy atom. The molecule has 27 heavy (non-hydrogen) atoms. The first-order chi connectivity index (χ1) is 13.1. The molecular formula is C20H22N2O4S. The normalized spacial score (nSPS) is 11.6. The van der Waals surface area contributed by atoms with Crippen molar-refractivity contribution in [1.82, 2.24) is 4.57 Å². The number of methoxy groups -OCH3 is 3. The van der Waals surface area contributed by atoms with Gasteiger partial charge in [-0.05, 0) is 24.6 Å². The van der Waals surface area contributed by atoms with Crippen LogP contribution in [0.15, 0.2) is 41.4 Å². The summed E-state index contributed by atoms with van der Waals surface area (Å²) in [5.74, 6) is 1.89. The van der Waals surface area contributed by atoms with Gasteiger partial charge in [0.2, 0.25) is 0 Å². The molecule has 1 amide bonds. The molecule has 0 saturated heterocycles. The van der Waals surface area contributed by atoms with Gasteiger partial charge in [0.05, 0.1) is 38.0 Å². The smallest absolute Gasteiger partial charge is 0.252 e. The molecule has 0 radical (unpaired) electrons. The van der Waals surface area contributed by atoms with E-state index >= 15 is 0 Å². The Balaban J connectivity index is 1.97. The van der Waals surface area contributed by atoms with E-state index in [1.165, 1.54) is 11.3 Å². The second-order valence-electron chi connectivity index (χ2n) is 5.83. The van der Waals surface area contributed by atoms with Gasteiger partial charge in [-0.15, -0.1) is 0 Å². The summed E-state index contributed by atoms with van der Waals surface area (Å²) in [7, 11) is 4.83. The van der Waals surface area contributed by atoms with Crippen molar-refractivity contribution in [2.75, 3.05) is 21.3 Å². The summed E-state index contributed by atoms with van der Waals surface area (Å²) in [4.78, 5) is 17.5. The van der Waals surface area contributed by atoms with E-state index in [0.717, 1.165) is 21.5 Å². The Labute approximate surface area is 161 Å². The maximum absolute atomic E-state index is 12.5. The minimum Gasteiger partial charge on any atom is -0.497 e. The molecule has 1 aromatic heterocycles. The summed E-state index contributed by atoms with van der Waals surface area (Å²) in [5, 5.41) is 0. The zero-order chi connectivity index (χ0) is 19.4. The second kappa shape index (κ2) is 8.26. The zero-order valence-electron chi connectivity index (χ0n) is 15.8. The van der Waals surface area contributed by atoms with Crippen LogP contribution in [0.1, 0.15) is 12.5 Å². The number of rotatable bonds is 6. The lowest BCUT2D eigenvalue weighted by molar-refractivity contribution is -0.117. The molecule has 3 aromatic rings. The number of aromatic nitrogens is 1. The predicted octanol–water partition coefficient (Wildman–Crippen LogP) is 3.42. The van der Waals surface area contributed by atoms with Crippen LogP contribution in [0.2, 0.25) is 0 Å². The van der Waals surface area contributed by atoms with Crippen molar-refractivity contribution in [3.05, 3.63) is 46.8 Å². The largest absolute Gasteiger partial charge is 0.497 e. The Morgan fingerprint density at radius 1 is 1.04 bits per heavy atom. The summed E-state index contributed by atoms with van der Waals surface area (Å²) in [6.45, 7) is 2.72. The van der Waals surface area contributed by atoms with E-state index in [2.05, 4.69) is 4.99 Å². The van der Waals surface area contributed by atoms with E-state index in [4.69, 9.17) is 14.2 Å². The first-order valence-electron chi connectivity index (χ1n) is 8.55. The molecule has 3 rings (SSSR count). The number of benzene rings is 2. The highest BCUT2D eigenvalue weighted by atomic mass is 32.1. The first kappa shape index (κ1) is 19.0. The van der Waals surface area contributed by atoms with Gasteiger partial charge in [0.15, 0.2) is 16.3 Å². The molecule has 0 aliphatic carbocycles. The molecule has 142 valence electrons. The number of hydrogen-bond donors (Lipinski definition) is 0. The number of fused-ring (bicyclic) bond motifs is 1. The van der Waals surface area contributed by atoms with Crippen LogP contribution < -0.4 is 19.0 Å². The van der Waals surface area contributed by atoms with Crippen LogP contribution >= 0.6 is 11.3 Å². The van der Waals surface area contributed by atoms with Gasteiger partial charge in [0, 0.05) is 18.7 Å². The molecule has 0 aliphatic heterocycles. The number of thiazole rings is 1. The minimum absolute atomic E-state index is 0.187. The minimum atomic E-state index is -0.187. The molecule has 0 atom stereocenters. The summed E-state index contributed by atoms with van der Waals surface area (Å²) in [5.41, 5.74) is 1.87. The maximum atomic E-state index is 12.5. The van der Waals surface area contributed by atoms with Gasteiger partial charge in [-0.25, -0.2) is 0 Å². The molecular weight excluding hydrogens is 364 g/mol. The van der Waals surface area contributed by atoms with Crippen LogP contribution in [-0.2, 0) is 17.8 Å². The third-order valence-corrected chi connectivity index (χ3v) is 5.28. The molecule has 0 N–H and O–H groups in total. The molecule has 0 fully saturated rings. The molecule has 0 saturated carbocycles. The standard InChI is InChI=1S/C20H22N2O4S/c1-5-22-15-11-16(25-3)17(26-4)12-18(15)27-20(22)21-19(23)10-13-6-8-14(24-2)9-7-13/h6-9,11-12H,5,10H2,1-4H3. The molecule has 7 heteroatoms. The van der Waals surface area contributed by atoms with E-state index in [0.29, 0.717) is 22.8 Å². The maximum Gasteiger partial charge on any atom is 0.252 e. The molecule has 0 aliphatic rings. The van der Waals surface area contributed by atoms with Gasteiger partial charge in [-0.1, -0.05) is 23.5 Å². The number of aryl methyl sites for hydroxylation is 1. The van der Waals surface area contributed by atoms with Gasteiger partial charge < -0.3 is 18.8 Å².